The molecule has 2 heterocycles. The quantitative estimate of drug-likeness (QED) is 0.108. The molecule has 8 aromatic rings. The molecule has 6 aromatic carbocycles. The van der Waals surface area contributed by atoms with Gasteiger partial charge < -0.3 is 4.90 Å². The molecule has 0 N–H and O–H groups in total. The van der Waals surface area contributed by atoms with Crippen LogP contribution in [0.2, 0.25) is 39.3 Å². The second-order valence-corrected chi connectivity index (χ2v) is 31.1. The Morgan fingerprint density at radius 2 is 0.818 bits per heavy atom. The smallest absolute Gasteiger partial charge is 0.0796 e. The van der Waals surface area contributed by atoms with Crippen molar-refractivity contribution in [1.82, 2.24) is 9.97 Å². The van der Waals surface area contributed by atoms with Crippen molar-refractivity contribution in [2.75, 3.05) is 4.90 Å². The number of nitrogens with zero attached hydrogens (tertiary/aromatic N) is 3. The Morgan fingerprint density at radius 3 is 1.32 bits per heavy atom. The summed E-state index contributed by atoms with van der Waals surface area (Å²) in [4.78, 5) is 13.0. The highest BCUT2D eigenvalue weighted by molar-refractivity contribution is 6.89. The summed E-state index contributed by atoms with van der Waals surface area (Å²) in [5.41, 5.74) is 18.6. The molecule has 0 fully saturated rings. The summed E-state index contributed by atoms with van der Waals surface area (Å²) in [5.74, 6) is 0.998. The van der Waals surface area contributed by atoms with Crippen molar-refractivity contribution < 1.29 is 0 Å². The second-order valence-electron chi connectivity index (χ2n) is 21.0. The van der Waals surface area contributed by atoms with Gasteiger partial charge in [-0.15, -0.1) is 0 Å². The Balaban J connectivity index is 1.49. The molecular formula is C61H67N3Si2. The van der Waals surface area contributed by atoms with Crippen LogP contribution in [0.15, 0.2) is 170 Å². The molecule has 5 heteroatoms. The maximum absolute atomic E-state index is 5.25. The molecule has 2 aromatic heterocycles. The minimum absolute atomic E-state index is 0.329. The predicted molar refractivity (Wildman–Crippen MR) is 292 cm³/mol. The zero-order valence-corrected chi connectivity index (χ0v) is 43.2. The Kier molecular flexibility index (Phi) is 13.3. The van der Waals surface area contributed by atoms with Gasteiger partial charge in [-0.3, -0.25) is 9.97 Å². The van der Waals surface area contributed by atoms with E-state index in [1.54, 1.807) is 0 Å². The van der Waals surface area contributed by atoms with Crippen molar-refractivity contribution in [3.05, 3.63) is 187 Å². The molecule has 0 aliphatic heterocycles. The molecule has 0 amide bonds. The molecular weight excluding hydrogens is 831 g/mol. The van der Waals surface area contributed by atoms with Gasteiger partial charge in [-0.2, -0.15) is 0 Å². The van der Waals surface area contributed by atoms with E-state index in [0.717, 1.165) is 56.3 Å². The van der Waals surface area contributed by atoms with E-state index >= 15 is 0 Å². The largest absolute Gasteiger partial charge is 0.310 e. The Bertz CT molecular complexity index is 2930. The van der Waals surface area contributed by atoms with Gasteiger partial charge >= 0.3 is 0 Å². The van der Waals surface area contributed by atoms with Crippen LogP contribution in [-0.4, -0.2) is 26.1 Å². The number of hydrogen-bond acceptors (Lipinski definition) is 3. The van der Waals surface area contributed by atoms with Gasteiger partial charge in [0.25, 0.3) is 0 Å². The van der Waals surface area contributed by atoms with E-state index in [1.807, 2.05) is 0 Å². The topological polar surface area (TPSA) is 29.0 Å². The lowest BCUT2D eigenvalue weighted by Crippen LogP contribution is -2.37. The molecule has 334 valence electrons. The summed E-state index contributed by atoms with van der Waals surface area (Å²) in [5, 5.41) is 2.70. The maximum atomic E-state index is 5.25. The molecule has 0 saturated heterocycles. The summed E-state index contributed by atoms with van der Waals surface area (Å²) < 4.78 is 0. The van der Waals surface area contributed by atoms with Gasteiger partial charge in [-0.1, -0.05) is 184 Å². The lowest BCUT2D eigenvalue weighted by molar-refractivity contribution is 0.838. The third-order valence-corrected chi connectivity index (χ3v) is 17.0. The molecule has 0 unspecified atom stereocenters. The summed E-state index contributed by atoms with van der Waals surface area (Å²) >= 11 is 0. The molecule has 0 bridgehead atoms. The lowest BCUT2D eigenvalue weighted by Gasteiger charge is -2.30. The Hall–Kier alpha value is -6.15. The average Bonchev–Trinajstić information content (AvgIpc) is 3.31. The minimum Gasteiger partial charge on any atom is -0.310 e. The normalized spacial score (nSPS) is 12.0. The summed E-state index contributed by atoms with van der Waals surface area (Å²) in [6, 6.07) is 58.9. The maximum Gasteiger partial charge on any atom is 0.0796 e. The summed E-state index contributed by atoms with van der Waals surface area (Å²) in [6.45, 7) is 28.2. The molecule has 3 nitrogen and oxygen atoms in total. The minimum atomic E-state index is -1.58. The predicted octanol–water partition coefficient (Wildman–Crippen LogP) is 16.7. The fourth-order valence-corrected chi connectivity index (χ4v) is 11.3. The van der Waals surface area contributed by atoms with Gasteiger partial charge in [0.1, 0.15) is 0 Å². The first-order valence-electron chi connectivity index (χ1n) is 23.9. The number of rotatable bonds is 13. The number of aromatic nitrogens is 2. The standard InChI is InChI=1S/C61H67N3Si2/c1-41(2)53-23-16-17-24-56(53)45-33-46(58-31-29-51(39-62-58)65(7,8)9)36-49(35-45)64(60-28-19-18-25-57(60)44-21-14-13-15-22-44)50-37-47(59-32-30-52(40-63-59)66(10,11)12)34-48(38-50)61-54(42(3)4)26-20-27-55(61)43(5)6/h13-43H,1-12H3. The van der Waals surface area contributed by atoms with Gasteiger partial charge in [-0.25, -0.2) is 0 Å². The van der Waals surface area contributed by atoms with E-state index in [0.29, 0.717) is 17.8 Å². The van der Waals surface area contributed by atoms with Crippen molar-refractivity contribution in [2.24, 2.45) is 0 Å². The van der Waals surface area contributed by atoms with Crippen molar-refractivity contribution in [3.8, 4) is 55.9 Å². The zero-order chi connectivity index (χ0) is 46.9. The van der Waals surface area contributed by atoms with Crippen molar-refractivity contribution >= 4 is 43.6 Å². The van der Waals surface area contributed by atoms with Crippen LogP contribution in [0.5, 0.6) is 0 Å². The Morgan fingerprint density at radius 1 is 0.379 bits per heavy atom. The van der Waals surface area contributed by atoms with E-state index in [1.165, 1.54) is 43.8 Å². The molecule has 0 spiro atoms. The van der Waals surface area contributed by atoms with Crippen LogP contribution in [0.3, 0.4) is 0 Å². The second kappa shape index (κ2) is 19.0. The van der Waals surface area contributed by atoms with Crippen LogP contribution in [0.4, 0.5) is 17.1 Å². The molecule has 0 aliphatic carbocycles. The highest BCUT2D eigenvalue weighted by Crippen LogP contribution is 2.47. The van der Waals surface area contributed by atoms with Crippen molar-refractivity contribution in [3.63, 3.8) is 0 Å². The third kappa shape index (κ3) is 9.84. The summed E-state index contributed by atoms with van der Waals surface area (Å²) in [7, 11) is -3.15. The monoisotopic (exact) mass is 897 g/mol. The molecule has 0 radical (unpaired) electrons. The first-order chi connectivity index (χ1) is 31.5. The van der Waals surface area contributed by atoms with E-state index in [9.17, 15) is 0 Å². The lowest BCUT2D eigenvalue weighted by atomic mass is 9.84. The van der Waals surface area contributed by atoms with Gasteiger partial charge in [0.05, 0.1) is 33.2 Å². The molecule has 66 heavy (non-hydrogen) atoms. The van der Waals surface area contributed by atoms with Crippen LogP contribution in [0, 0.1) is 0 Å². The molecule has 0 aliphatic rings. The van der Waals surface area contributed by atoms with Gasteiger partial charge in [0.2, 0.25) is 0 Å². The summed E-state index contributed by atoms with van der Waals surface area (Å²) in [6.07, 6.45) is 4.24. The van der Waals surface area contributed by atoms with E-state index in [4.69, 9.17) is 9.97 Å². The number of pyridine rings is 2. The van der Waals surface area contributed by atoms with E-state index < -0.39 is 16.1 Å². The van der Waals surface area contributed by atoms with Crippen LogP contribution >= 0.6 is 0 Å². The van der Waals surface area contributed by atoms with Crippen LogP contribution in [-0.2, 0) is 0 Å². The number of benzene rings is 6. The van der Waals surface area contributed by atoms with Crippen molar-refractivity contribution in [1.29, 1.82) is 0 Å². The fourth-order valence-electron chi connectivity index (χ4n) is 9.20. The highest BCUT2D eigenvalue weighted by atomic mass is 28.3. The van der Waals surface area contributed by atoms with Gasteiger partial charge in [-0.05, 0) is 127 Å². The first kappa shape index (κ1) is 46.4. The van der Waals surface area contributed by atoms with E-state index in [2.05, 4.69) is 256 Å². The van der Waals surface area contributed by atoms with E-state index in [-0.39, 0.29) is 0 Å². The Labute approximate surface area is 397 Å². The van der Waals surface area contributed by atoms with Gasteiger partial charge in [0.15, 0.2) is 0 Å². The third-order valence-electron chi connectivity index (χ3n) is 13.0. The number of hydrogen-bond donors (Lipinski definition) is 0. The molecule has 8 rings (SSSR count). The highest BCUT2D eigenvalue weighted by Gasteiger charge is 2.25. The zero-order valence-electron chi connectivity index (χ0n) is 41.2. The molecule has 0 atom stereocenters. The first-order valence-corrected chi connectivity index (χ1v) is 30.9. The number of para-hydroxylation sites is 1. The SMILES string of the molecule is CC(C)c1ccccc1-c1cc(-c2ccc([Si](C)(C)C)cn2)cc(N(c2cc(-c3ccc([Si](C)(C)C)cn3)cc(-c3c(C(C)C)cccc3C(C)C)c2)c2ccccc2-c2ccccc2)c1. The molecule has 0 saturated carbocycles. The van der Waals surface area contributed by atoms with Crippen LogP contribution in [0.1, 0.15) is 76.0 Å². The average molecular weight is 898 g/mol. The number of anilines is 3. The van der Waals surface area contributed by atoms with Crippen LogP contribution < -0.4 is 15.3 Å². The van der Waals surface area contributed by atoms with Crippen molar-refractivity contribution in [2.45, 2.75) is 98.6 Å². The van der Waals surface area contributed by atoms with Gasteiger partial charge in [0, 0.05) is 40.5 Å². The van der Waals surface area contributed by atoms with Crippen LogP contribution in [0.25, 0.3) is 55.9 Å². The fraction of sp³-hybridized carbons (Fsp3) is 0.246.